The average molecular weight is 114 g/mol. The number of rotatable bonds is 0. The first-order valence-corrected chi connectivity index (χ1v) is 2.51. The smallest absolute Gasteiger partial charge is 0.429 e. The second-order valence-corrected chi connectivity index (χ2v) is 2.44. The molecule has 1 rings (SSSR count). The number of amides is 1. The minimum absolute atomic E-state index is 0.350. The highest BCUT2D eigenvalue weighted by Gasteiger charge is 2.31. The van der Waals surface area contributed by atoms with Crippen molar-refractivity contribution in [3.63, 3.8) is 0 Å². The zero-order chi connectivity index (χ0) is 6.20. The van der Waals surface area contributed by atoms with Crippen LogP contribution in [-0.2, 0) is 4.74 Å². The standard InChI is InChI=1S/C5H8NO2/c1-5(2)3-6-4(7)8-5/h3H2,1-2H3. The van der Waals surface area contributed by atoms with Gasteiger partial charge in [-0.3, -0.25) is 0 Å². The number of cyclic esters (lactones) is 1. The Hall–Kier alpha value is -0.730. The first kappa shape index (κ1) is 5.41. The number of hydrogen-bond acceptors (Lipinski definition) is 2. The number of nitrogens with zero attached hydrogens (tertiary/aromatic N) is 1. The molecule has 0 aliphatic carbocycles. The summed E-state index contributed by atoms with van der Waals surface area (Å²) in [5.41, 5.74) is -0.350. The summed E-state index contributed by atoms with van der Waals surface area (Å²) in [7, 11) is 0. The van der Waals surface area contributed by atoms with Crippen molar-refractivity contribution in [2.24, 2.45) is 0 Å². The van der Waals surface area contributed by atoms with Crippen LogP contribution in [0, 0.1) is 0 Å². The lowest BCUT2D eigenvalue weighted by Gasteiger charge is -2.11. The quantitative estimate of drug-likeness (QED) is 0.460. The zero-order valence-electron chi connectivity index (χ0n) is 4.97. The van der Waals surface area contributed by atoms with Gasteiger partial charge >= 0.3 is 6.09 Å². The molecule has 45 valence electrons. The van der Waals surface area contributed by atoms with Gasteiger partial charge in [-0.2, -0.15) is 0 Å². The maximum Gasteiger partial charge on any atom is 0.429 e. The number of ether oxygens (including phenoxy) is 1. The SMILES string of the molecule is CC1(C)C[N]C(=O)O1. The van der Waals surface area contributed by atoms with Crippen molar-refractivity contribution in [2.75, 3.05) is 6.54 Å². The molecule has 1 saturated heterocycles. The van der Waals surface area contributed by atoms with E-state index in [1.807, 2.05) is 13.8 Å². The molecule has 0 bridgehead atoms. The van der Waals surface area contributed by atoms with Crippen molar-refractivity contribution in [3.05, 3.63) is 0 Å². The first-order chi connectivity index (χ1) is 3.60. The normalized spacial score (nSPS) is 24.5. The predicted molar refractivity (Wildman–Crippen MR) is 27.6 cm³/mol. The van der Waals surface area contributed by atoms with Gasteiger partial charge in [-0.05, 0) is 13.8 Å². The number of hydrogen-bond donors (Lipinski definition) is 0. The monoisotopic (exact) mass is 114 g/mol. The summed E-state index contributed by atoms with van der Waals surface area (Å²) in [6, 6.07) is 0. The van der Waals surface area contributed by atoms with Crippen LogP contribution in [0.5, 0.6) is 0 Å². The van der Waals surface area contributed by atoms with Crippen molar-refractivity contribution in [2.45, 2.75) is 19.4 Å². The highest BCUT2D eigenvalue weighted by Crippen LogP contribution is 2.13. The third kappa shape index (κ3) is 0.911. The molecule has 1 heterocycles. The van der Waals surface area contributed by atoms with Gasteiger partial charge in [-0.1, -0.05) is 0 Å². The van der Waals surface area contributed by atoms with Gasteiger partial charge in [0.25, 0.3) is 0 Å². The second-order valence-electron chi connectivity index (χ2n) is 2.44. The summed E-state index contributed by atoms with van der Waals surface area (Å²) >= 11 is 0. The molecule has 0 N–H and O–H groups in total. The van der Waals surface area contributed by atoms with Crippen molar-refractivity contribution < 1.29 is 9.53 Å². The summed E-state index contributed by atoms with van der Waals surface area (Å²) in [5.74, 6) is 0. The summed E-state index contributed by atoms with van der Waals surface area (Å²) in [4.78, 5) is 10.3. The fourth-order valence-electron chi connectivity index (χ4n) is 0.556. The van der Waals surface area contributed by atoms with Crippen LogP contribution < -0.4 is 5.32 Å². The molecule has 0 spiro atoms. The van der Waals surface area contributed by atoms with Gasteiger partial charge in [0.15, 0.2) is 0 Å². The van der Waals surface area contributed by atoms with E-state index < -0.39 is 6.09 Å². The van der Waals surface area contributed by atoms with Crippen LogP contribution in [0.25, 0.3) is 0 Å². The van der Waals surface area contributed by atoms with Crippen LogP contribution in [0.3, 0.4) is 0 Å². The van der Waals surface area contributed by atoms with Gasteiger partial charge in [0, 0.05) is 0 Å². The molecule has 0 saturated carbocycles. The molecular formula is C5H8NO2. The van der Waals surface area contributed by atoms with Crippen molar-refractivity contribution >= 4 is 6.09 Å². The van der Waals surface area contributed by atoms with Crippen LogP contribution in [0.4, 0.5) is 4.79 Å². The number of carbonyl (C=O) groups is 1. The largest absolute Gasteiger partial charge is 0.440 e. The van der Waals surface area contributed by atoms with Gasteiger partial charge in [-0.25, -0.2) is 10.1 Å². The maximum absolute atomic E-state index is 10.3. The van der Waals surface area contributed by atoms with E-state index in [1.54, 1.807) is 0 Å². The third-order valence-electron chi connectivity index (χ3n) is 0.953. The van der Waals surface area contributed by atoms with E-state index in [0.717, 1.165) is 0 Å². The zero-order valence-corrected chi connectivity index (χ0v) is 4.97. The molecule has 0 unspecified atom stereocenters. The molecule has 0 aromatic heterocycles. The molecule has 1 aliphatic rings. The van der Waals surface area contributed by atoms with E-state index in [1.165, 1.54) is 0 Å². The molecule has 1 radical (unpaired) electrons. The first-order valence-electron chi connectivity index (χ1n) is 2.51. The fourth-order valence-corrected chi connectivity index (χ4v) is 0.556. The summed E-state index contributed by atoms with van der Waals surface area (Å²) in [5, 5.41) is 3.53. The lowest BCUT2D eigenvalue weighted by molar-refractivity contribution is 0.0869. The molecular weight excluding hydrogens is 106 g/mol. The molecule has 3 heteroatoms. The Morgan fingerprint density at radius 3 is 2.50 bits per heavy atom. The highest BCUT2D eigenvalue weighted by atomic mass is 16.6. The summed E-state index contributed by atoms with van der Waals surface area (Å²) in [6.07, 6.45) is -0.435. The van der Waals surface area contributed by atoms with E-state index in [0.29, 0.717) is 6.54 Å². The molecule has 8 heavy (non-hydrogen) atoms. The van der Waals surface area contributed by atoms with Crippen LogP contribution >= 0.6 is 0 Å². The highest BCUT2D eigenvalue weighted by molar-refractivity contribution is 5.69. The molecule has 3 nitrogen and oxygen atoms in total. The van der Waals surface area contributed by atoms with Crippen LogP contribution in [-0.4, -0.2) is 18.2 Å². The van der Waals surface area contributed by atoms with Gasteiger partial charge in [-0.15, -0.1) is 0 Å². The maximum atomic E-state index is 10.3. The lowest BCUT2D eigenvalue weighted by atomic mass is 10.1. The van der Waals surface area contributed by atoms with Gasteiger partial charge in [0.1, 0.15) is 5.60 Å². The fraction of sp³-hybridized carbons (Fsp3) is 0.800. The molecule has 0 aromatic rings. The molecule has 1 aliphatic heterocycles. The van der Waals surface area contributed by atoms with E-state index in [4.69, 9.17) is 4.74 Å². The predicted octanol–water partition coefficient (Wildman–Crippen LogP) is 0.520. The Balaban J connectivity index is 2.56. The molecule has 1 fully saturated rings. The average Bonchev–Trinajstić information content (AvgIpc) is 1.82. The summed E-state index contributed by atoms with van der Waals surface area (Å²) in [6.45, 7) is 4.16. The van der Waals surface area contributed by atoms with Crippen molar-refractivity contribution in [1.29, 1.82) is 0 Å². The minimum atomic E-state index is -0.435. The topological polar surface area (TPSA) is 40.4 Å². The molecule has 1 amide bonds. The van der Waals surface area contributed by atoms with Gasteiger partial charge < -0.3 is 4.74 Å². The van der Waals surface area contributed by atoms with Crippen molar-refractivity contribution in [3.8, 4) is 0 Å². The van der Waals surface area contributed by atoms with E-state index in [-0.39, 0.29) is 5.60 Å². The summed E-state index contributed by atoms with van der Waals surface area (Å²) < 4.78 is 4.74. The lowest BCUT2D eigenvalue weighted by Crippen LogP contribution is -2.22. The Labute approximate surface area is 48.0 Å². The Kier molecular flexibility index (Phi) is 0.927. The van der Waals surface area contributed by atoms with Crippen LogP contribution in [0.1, 0.15) is 13.8 Å². The van der Waals surface area contributed by atoms with E-state index >= 15 is 0 Å². The van der Waals surface area contributed by atoms with Gasteiger partial charge in [0.2, 0.25) is 0 Å². The van der Waals surface area contributed by atoms with E-state index in [9.17, 15) is 4.79 Å². The Morgan fingerprint density at radius 2 is 2.38 bits per heavy atom. The molecule has 0 aromatic carbocycles. The number of carbonyl (C=O) groups excluding carboxylic acids is 1. The molecule has 0 atom stereocenters. The second kappa shape index (κ2) is 1.37. The minimum Gasteiger partial charge on any atom is -0.440 e. The third-order valence-corrected chi connectivity index (χ3v) is 0.953. The van der Waals surface area contributed by atoms with E-state index in [2.05, 4.69) is 5.32 Å². The van der Waals surface area contributed by atoms with Crippen molar-refractivity contribution in [1.82, 2.24) is 5.32 Å². The van der Waals surface area contributed by atoms with Gasteiger partial charge in [0.05, 0.1) is 6.54 Å². The van der Waals surface area contributed by atoms with Crippen LogP contribution in [0.15, 0.2) is 0 Å². The Morgan fingerprint density at radius 1 is 1.75 bits per heavy atom. The van der Waals surface area contributed by atoms with Crippen LogP contribution in [0.2, 0.25) is 0 Å². The Bertz CT molecular complexity index is 120.